The number of rotatable bonds is 6. The van der Waals surface area contributed by atoms with E-state index in [0.29, 0.717) is 5.92 Å². The normalized spacial score (nSPS) is 16.2. The van der Waals surface area contributed by atoms with E-state index in [4.69, 9.17) is 14.2 Å². The van der Waals surface area contributed by atoms with Gasteiger partial charge in [-0.15, -0.1) is 0 Å². The van der Waals surface area contributed by atoms with Gasteiger partial charge in [0.15, 0.2) is 5.43 Å². The predicted molar refractivity (Wildman–Crippen MR) is 266 cm³/mol. The summed E-state index contributed by atoms with van der Waals surface area (Å²) >= 11 is 3.54. The van der Waals surface area contributed by atoms with Crippen LogP contribution in [0.5, 0.6) is 17.2 Å². The number of benzene rings is 6. The fourth-order valence-electron chi connectivity index (χ4n) is 9.18. The van der Waals surface area contributed by atoms with Crippen LogP contribution in [-0.4, -0.2) is 31.8 Å². The van der Waals surface area contributed by atoms with Crippen LogP contribution in [0.2, 0.25) is 0 Å². The second-order valence-electron chi connectivity index (χ2n) is 16.4. The van der Waals surface area contributed by atoms with Crippen LogP contribution in [0.25, 0.3) is 51.4 Å². The molecule has 6 heteroatoms. The molecule has 0 spiro atoms. The number of ether oxygens (including phenoxy) is 3. The van der Waals surface area contributed by atoms with Crippen LogP contribution < -0.4 is 19.6 Å². The number of halogens is 1. The third-order valence-corrected chi connectivity index (χ3v) is 12.9. The van der Waals surface area contributed by atoms with Crippen molar-refractivity contribution in [2.75, 3.05) is 26.7 Å². The van der Waals surface area contributed by atoms with E-state index in [2.05, 4.69) is 109 Å². The van der Waals surface area contributed by atoms with Gasteiger partial charge in [0.1, 0.15) is 22.8 Å². The Morgan fingerprint density at radius 3 is 1.95 bits per heavy atom. The summed E-state index contributed by atoms with van der Waals surface area (Å²) in [7, 11) is 5.01. The van der Waals surface area contributed by atoms with Gasteiger partial charge in [0.2, 0.25) is 0 Å². The first-order valence-electron chi connectivity index (χ1n) is 21.5. The molecule has 0 amide bonds. The van der Waals surface area contributed by atoms with Crippen LogP contribution in [0.4, 0.5) is 0 Å². The molecule has 0 bridgehead atoms. The molecule has 1 saturated carbocycles. The molecule has 5 nitrogen and oxygen atoms in total. The van der Waals surface area contributed by atoms with Crippen molar-refractivity contribution in [3.05, 3.63) is 199 Å². The summed E-state index contributed by atoms with van der Waals surface area (Å²) in [5.74, 6) is 2.79. The van der Waals surface area contributed by atoms with E-state index in [1.807, 2.05) is 79.7 Å². The van der Waals surface area contributed by atoms with Crippen molar-refractivity contribution in [3.63, 3.8) is 0 Å². The summed E-state index contributed by atoms with van der Waals surface area (Å²) in [5.41, 5.74) is 13.3. The van der Waals surface area contributed by atoms with Crippen molar-refractivity contribution >= 4 is 67.4 Å². The highest BCUT2D eigenvalue weighted by Gasteiger charge is 2.49. The molecule has 0 saturated heterocycles. The van der Waals surface area contributed by atoms with Gasteiger partial charge in [0, 0.05) is 16.1 Å². The van der Waals surface area contributed by atoms with E-state index in [1.165, 1.54) is 33.4 Å². The first kappa shape index (κ1) is 43.4. The highest BCUT2D eigenvalue weighted by molar-refractivity contribution is 9.09. The Morgan fingerprint density at radius 1 is 0.635 bits per heavy atom. The average molecular weight is 898 g/mol. The number of fused-ring (bicyclic) bond motifs is 6. The molecule has 0 aliphatic heterocycles. The monoisotopic (exact) mass is 896 g/mol. The number of aryl methyl sites for hydroxylation is 3. The molecule has 3 aliphatic rings. The van der Waals surface area contributed by atoms with Crippen molar-refractivity contribution in [2.24, 2.45) is 5.92 Å². The van der Waals surface area contributed by atoms with Crippen LogP contribution in [-0.2, 0) is 5.60 Å². The quantitative estimate of drug-likeness (QED) is 0.168. The summed E-state index contributed by atoms with van der Waals surface area (Å²) in [6, 6.07) is 40.5. The Kier molecular flexibility index (Phi) is 12.9. The third kappa shape index (κ3) is 8.63. The molecule has 1 N–H and O–H groups in total. The molecule has 1 fully saturated rings. The summed E-state index contributed by atoms with van der Waals surface area (Å²) in [6.07, 6.45) is 14.1. The van der Waals surface area contributed by atoms with Gasteiger partial charge in [-0.25, -0.2) is 0 Å². The van der Waals surface area contributed by atoms with E-state index in [9.17, 15) is 9.90 Å². The molecule has 3 aliphatic carbocycles. The Morgan fingerprint density at radius 2 is 1.22 bits per heavy atom. The van der Waals surface area contributed by atoms with Crippen molar-refractivity contribution < 1.29 is 19.3 Å². The summed E-state index contributed by atoms with van der Waals surface area (Å²) in [6.45, 7) is 6.25. The molecular weight excluding hydrogens is 845 g/mol. The molecule has 1 unspecified atom stereocenters. The minimum absolute atomic E-state index is 0.0794. The standard InChI is InChI=1S/C20H19BrO.C20H20O2.C17H14O2/c1-14-5-3-6-15-8-9-16-13-17(22-2)10-11-18(16)19(20(14)15)7-4-12-21;1-13-4-3-5-14-6-7-15-12-17(22-2)10-11-18(15)20(21,19(13)14)16-8-9-16;1-11-4-3-5-12-6-7-13-10-14(19-2)8-9-15(13)17(18)16(11)12/h3,5-11,13H,4,12H2,1-2H3;3-7,10-12,16,21H,8-9H2,1-2H3;3-10H,1-2H3/b19-7+;;. The molecule has 7 aromatic rings. The fraction of sp³-hybridized carbons (Fsp3) is 0.211. The van der Waals surface area contributed by atoms with E-state index in [0.717, 1.165) is 96.8 Å². The predicted octanol–water partition coefficient (Wildman–Crippen LogP) is 13.5. The number of alkyl halides is 1. The topological polar surface area (TPSA) is 65.0 Å². The Balaban J connectivity index is 0.000000130. The van der Waals surface area contributed by atoms with Crippen LogP contribution >= 0.6 is 15.9 Å². The maximum absolute atomic E-state index is 12.7. The number of allylic oxidation sites excluding steroid dienone is 1. The van der Waals surface area contributed by atoms with Gasteiger partial charge >= 0.3 is 0 Å². The number of hydrogen-bond acceptors (Lipinski definition) is 5. The Hall–Kier alpha value is -6.21. The smallest absolute Gasteiger partial charge is 0.194 e. The maximum Gasteiger partial charge on any atom is 0.194 e. The Labute approximate surface area is 379 Å². The lowest BCUT2D eigenvalue weighted by Crippen LogP contribution is -2.32. The van der Waals surface area contributed by atoms with Gasteiger partial charge in [-0.3, -0.25) is 4.79 Å². The van der Waals surface area contributed by atoms with E-state index >= 15 is 0 Å². The molecule has 0 aromatic heterocycles. The van der Waals surface area contributed by atoms with Crippen molar-refractivity contribution in [1.29, 1.82) is 0 Å². The zero-order valence-electron chi connectivity index (χ0n) is 36.8. The minimum Gasteiger partial charge on any atom is -0.497 e. The number of hydrogen-bond donors (Lipinski definition) is 1. The lowest BCUT2D eigenvalue weighted by molar-refractivity contribution is 0.0556. The summed E-state index contributed by atoms with van der Waals surface area (Å²) in [5, 5.41) is 16.1. The highest BCUT2D eigenvalue weighted by Crippen LogP contribution is 2.53. The van der Waals surface area contributed by atoms with Gasteiger partial charge in [0.05, 0.1) is 21.3 Å². The largest absolute Gasteiger partial charge is 0.497 e. The Bertz CT molecular complexity index is 3010. The van der Waals surface area contributed by atoms with Gasteiger partial charge in [0.25, 0.3) is 0 Å². The highest BCUT2D eigenvalue weighted by atomic mass is 79.9. The molecule has 63 heavy (non-hydrogen) atoms. The van der Waals surface area contributed by atoms with Gasteiger partial charge in [-0.2, -0.15) is 0 Å². The van der Waals surface area contributed by atoms with Crippen LogP contribution in [0, 0.1) is 26.7 Å². The first-order valence-corrected chi connectivity index (χ1v) is 22.6. The molecule has 318 valence electrons. The maximum atomic E-state index is 12.7. The minimum atomic E-state index is -0.897. The first-order chi connectivity index (χ1) is 30.6. The van der Waals surface area contributed by atoms with E-state index in [-0.39, 0.29) is 5.43 Å². The van der Waals surface area contributed by atoms with Gasteiger partial charge < -0.3 is 19.3 Å². The fourth-order valence-corrected chi connectivity index (χ4v) is 9.41. The van der Waals surface area contributed by atoms with E-state index in [1.54, 1.807) is 21.3 Å². The summed E-state index contributed by atoms with van der Waals surface area (Å²) in [4.78, 5) is 12.7. The molecule has 10 rings (SSSR count). The van der Waals surface area contributed by atoms with Crippen LogP contribution in [0.15, 0.2) is 132 Å². The van der Waals surface area contributed by atoms with E-state index < -0.39 is 5.60 Å². The van der Waals surface area contributed by atoms with Gasteiger partial charge in [-0.1, -0.05) is 125 Å². The van der Waals surface area contributed by atoms with Crippen molar-refractivity contribution in [3.8, 4) is 17.2 Å². The van der Waals surface area contributed by atoms with Crippen molar-refractivity contribution in [2.45, 2.75) is 45.6 Å². The second kappa shape index (κ2) is 18.6. The summed E-state index contributed by atoms with van der Waals surface area (Å²) < 4.78 is 15.9. The lowest BCUT2D eigenvalue weighted by atomic mass is 9.77. The van der Waals surface area contributed by atoms with Crippen LogP contribution in [0.3, 0.4) is 0 Å². The zero-order valence-corrected chi connectivity index (χ0v) is 38.4. The second-order valence-corrected chi connectivity index (χ2v) is 17.2. The lowest BCUT2D eigenvalue weighted by Gasteiger charge is -2.32. The SMILES string of the molecule is COc1ccc2c(=O)c3c(C)cccc3ccc2c1.COc1ccc2c(c1)C=Cc1cccc(C)c1/C2=C/CCBr.COc1ccc2c(c1)C=Cc1cccc(C)c1C2(O)C1CC1. The third-order valence-electron chi connectivity index (χ3n) is 12.5. The van der Waals surface area contributed by atoms with Gasteiger partial charge in [-0.05, 0) is 166 Å². The average Bonchev–Trinajstić information content (AvgIpc) is 4.19. The molecule has 0 heterocycles. The zero-order chi connectivity index (χ0) is 44.3. The molecule has 0 radical (unpaired) electrons. The van der Waals surface area contributed by atoms with Crippen molar-refractivity contribution in [1.82, 2.24) is 0 Å². The molecule has 7 aromatic carbocycles. The molecule has 1 atom stereocenters. The molecular formula is C57H53BrO5. The van der Waals surface area contributed by atoms with Crippen LogP contribution in [0.1, 0.15) is 80.5 Å². The number of methoxy groups -OCH3 is 3. The number of aliphatic hydroxyl groups is 1.